The van der Waals surface area contributed by atoms with Gasteiger partial charge in [-0.2, -0.15) is 4.31 Å². The van der Waals surface area contributed by atoms with Crippen molar-refractivity contribution in [1.29, 1.82) is 0 Å². The van der Waals surface area contributed by atoms with Gasteiger partial charge in [-0.15, -0.1) is 0 Å². The van der Waals surface area contributed by atoms with Crippen LogP contribution in [0.15, 0.2) is 64.9 Å². The third-order valence-corrected chi connectivity index (χ3v) is 11.6. The minimum absolute atomic E-state index is 0.00298. The SMILES string of the molecule is COc1ccc(S(=O)(=O)Nc2ccc3c(c2)C(=O)N([C@H](C)CO)C[C@H](C)[C@H](CN(C)S(=O)(=O)c2cn(C)cn2)OCCCC[C@@H](C)O3)cc1. The standard InChI is InChI=1S/C33H47N5O9S2/c1-23-18-38(24(2)21-39)33(40)29-17-26(35-48(41,42)28-13-11-27(45-6)12-14-28)10-15-30(29)47-25(3)9-7-8-16-46-31(23)19-37(5)49(43,44)32-20-36(4)22-34-32/h10-15,17,20,22-25,31,35,39H,7-9,16,18-19,21H2,1-6H3/t23-,24+,25+,31-/m0/s1. The maximum Gasteiger partial charge on any atom is 0.261 e. The number of benzene rings is 2. The molecule has 1 aromatic heterocycles. The third kappa shape index (κ3) is 9.51. The summed E-state index contributed by atoms with van der Waals surface area (Å²) in [7, 11) is -3.30. The molecule has 0 aliphatic carbocycles. The number of rotatable bonds is 10. The van der Waals surface area contributed by atoms with Crippen molar-refractivity contribution in [2.45, 2.75) is 68.2 Å². The normalized spacial score (nSPS) is 20.6. The van der Waals surface area contributed by atoms with Crippen molar-refractivity contribution in [3.63, 3.8) is 0 Å². The monoisotopic (exact) mass is 721 g/mol. The highest BCUT2D eigenvalue weighted by Crippen LogP contribution is 2.30. The summed E-state index contributed by atoms with van der Waals surface area (Å²) in [6, 6.07) is 9.79. The zero-order chi connectivity index (χ0) is 35.9. The van der Waals surface area contributed by atoms with Gasteiger partial charge in [0.2, 0.25) is 0 Å². The number of sulfonamides is 2. The number of nitrogens with one attached hydrogen (secondary N) is 1. The molecule has 0 saturated carbocycles. The van der Waals surface area contributed by atoms with Crippen LogP contribution < -0.4 is 14.2 Å². The van der Waals surface area contributed by atoms with Crippen molar-refractivity contribution in [1.82, 2.24) is 18.8 Å². The highest BCUT2D eigenvalue weighted by atomic mass is 32.2. The van der Waals surface area contributed by atoms with E-state index in [4.69, 9.17) is 14.2 Å². The van der Waals surface area contributed by atoms with Crippen molar-refractivity contribution in [2.24, 2.45) is 13.0 Å². The third-order valence-electron chi connectivity index (χ3n) is 8.47. The van der Waals surface area contributed by atoms with E-state index in [0.29, 0.717) is 25.2 Å². The molecule has 1 aliphatic heterocycles. The number of aliphatic hydroxyl groups excluding tert-OH is 1. The number of carbonyl (C=O) groups is 1. The van der Waals surface area contributed by atoms with E-state index in [1.54, 1.807) is 24.6 Å². The van der Waals surface area contributed by atoms with E-state index >= 15 is 0 Å². The number of nitrogens with zero attached hydrogens (tertiary/aromatic N) is 4. The van der Waals surface area contributed by atoms with Crippen LogP contribution in [0, 0.1) is 5.92 Å². The Hall–Kier alpha value is -3.70. The van der Waals surface area contributed by atoms with Gasteiger partial charge in [-0.3, -0.25) is 9.52 Å². The largest absolute Gasteiger partial charge is 0.497 e. The van der Waals surface area contributed by atoms with E-state index in [1.165, 1.54) is 72.3 Å². The van der Waals surface area contributed by atoms with Gasteiger partial charge in [-0.1, -0.05) is 6.92 Å². The lowest BCUT2D eigenvalue weighted by atomic mass is 10.0. The molecule has 0 radical (unpaired) electrons. The Labute approximate surface area is 289 Å². The lowest BCUT2D eigenvalue weighted by Gasteiger charge is -2.35. The van der Waals surface area contributed by atoms with E-state index < -0.39 is 38.1 Å². The first kappa shape index (κ1) is 38.1. The van der Waals surface area contributed by atoms with Gasteiger partial charge in [-0.25, -0.2) is 21.8 Å². The number of methoxy groups -OCH3 is 1. The second-order valence-electron chi connectivity index (χ2n) is 12.5. The maximum absolute atomic E-state index is 14.4. The van der Waals surface area contributed by atoms with Crippen LogP contribution in [0.1, 0.15) is 50.4 Å². The topological polar surface area (TPSA) is 170 Å². The number of ether oxygens (including phenoxy) is 3. The molecule has 0 unspecified atom stereocenters. The number of hydrogen-bond acceptors (Lipinski definition) is 10. The second-order valence-corrected chi connectivity index (χ2v) is 16.1. The van der Waals surface area contributed by atoms with Crippen LogP contribution in [0.3, 0.4) is 0 Å². The quantitative estimate of drug-likeness (QED) is 0.317. The summed E-state index contributed by atoms with van der Waals surface area (Å²) in [5, 5.41) is 10.1. The molecule has 0 saturated heterocycles. The first-order chi connectivity index (χ1) is 23.2. The summed E-state index contributed by atoms with van der Waals surface area (Å²) in [4.78, 5) is 19.9. The zero-order valence-electron chi connectivity index (χ0n) is 28.8. The molecule has 1 amide bonds. The minimum atomic E-state index is -4.02. The lowest BCUT2D eigenvalue weighted by Crippen LogP contribution is -2.48. The van der Waals surface area contributed by atoms with Crippen LogP contribution in [-0.4, -0.2) is 105 Å². The molecule has 2 heterocycles. The maximum atomic E-state index is 14.4. The molecule has 2 aromatic carbocycles. The van der Waals surface area contributed by atoms with Crippen LogP contribution in [0.4, 0.5) is 5.69 Å². The van der Waals surface area contributed by atoms with E-state index in [0.717, 1.165) is 6.42 Å². The van der Waals surface area contributed by atoms with E-state index in [-0.39, 0.29) is 58.6 Å². The van der Waals surface area contributed by atoms with Crippen molar-refractivity contribution in [3.8, 4) is 11.5 Å². The molecule has 49 heavy (non-hydrogen) atoms. The van der Waals surface area contributed by atoms with Gasteiger partial charge in [-0.05, 0) is 75.6 Å². The number of fused-ring (bicyclic) bond motifs is 1. The molecule has 270 valence electrons. The van der Waals surface area contributed by atoms with E-state index in [1.807, 2.05) is 13.8 Å². The van der Waals surface area contributed by atoms with Gasteiger partial charge in [0.25, 0.3) is 26.0 Å². The van der Waals surface area contributed by atoms with Crippen LogP contribution in [0.2, 0.25) is 0 Å². The predicted octanol–water partition coefficient (Wildman–Crippen LogP) is 3.35. The Balaban J connectivity index is 1.67. The van der Waals surface area contributed by atoms with Crippen molar-refractivity contribution < 1.29 is 40.9 Å². The van der Waals surface area contributed by atoms with Crippen LogP contribution in [-0.2, 0) is 31.8 Å². The molecular weight excluding hydrogens is 675 g/mol. The average Bonchev–Trinajstić information content (AvgIpc) is 3.52. The van der Waals surface area contributed by atoms with Crippen LogP contribution in [0.5, 0.6) is 11.5 Å². The van der Waals surface area contributed by atoms with E-state index in [9.17, 15) is 26.7 Å². The fourth-order valence-corrected chi connectivity index (χ4v) is 7.64. The smallest absolute Gasteiger partial charge is 0.261 e. The van der Waals surface area contributed by atoms with Gasteiger partial charge < -0.3 is 28.8 Å². The Morgan fingerprint density at radius 3 is 2.47 bits per heavy atom. The number of hydrogen-bond donors (Lipinski definition) is 2. The Morgan fingerprint density at radius 2 is 1.84 bits per heavy atom. The van der Waals surface area contributed by atoms with E-state index in [2.05, 4.69) is 9.71 Å². The first-order valence-corrected chi connectivity index (χ1v) is 19.0. The summed E-state index contributed by atoms with van der Waals surface area (Å²) in [6.45, 7) is 5.56. The van der Waals surface area contributed by atoms with Gasteiger partial charge in [0.05, 0.1) is 48.8 Å². The molecule has 2 N–H and O–H groups in total. The molecule has 16 heteroatoms. The van der Waals surface area contributed by atoms with Gasteiger partial charge in [0, 0.05) is 51.6 Å². The number of imidazole rings is 1. The van der Waals surface area contributed by atoms with Gasteiger partial charge in [0.15, 0.2) is 5.03 Å². The molecule has 3 aromatic rings. The van der Waals surface area contributed by atoms with Crippen LogP contribution in [0.25, 0.3) is 0 Å². The fourth-order valence-electron chi connectivity index (χ4n) is 5.45. The second kappa shape index (κ2) is 16.3. The molecule has 0 spiro atoms. The molecule has 4 atom stereocenters. The predicted molar refractivity (Wildman–Crippen MR) is 184 cm³/mol. The summed E-state index contributed by atoms with van der Waals surface area (Å²) >= 11 is 0. The summed E-state index contributed by atoms with van der Waals surface area (Å²) < 4.78 is 76.1. The Bertz CT molecular complexity index is 1780. The number of amides is 1. The number of aliphatic hydroxyl groups is 1. The van der Waals surface area contributed by atoms with Gasteiger partial charge >= 0.3 is 0 Å². The Kier molecular flexibility index (Phi) is 12.7. The van der Waals surface area contributed by atoms with Crippen molar-refractivity contribution in [2.75, 3.05) is 45.2 Å². The zero-order valence-corrected chi connectivity index (χ0v) is 30.4. The molecule has 0 bridgehead atoms. The van der Waals surface area contributed by atoms with Crippen LogP contribution >= 0.6 is 0 Å². The number of likely N-dealkylation sites (N-methyl/N-ethyl adjacent to an activating group) is 1. The molecule has 4 rings (SSSR count). The number of aromatic nitrogens is 2. The fraction of sp³-hybridized carbons (Fsp3) is 0.515. The summed E-state index contributed by atoms with van der Waals surface area (Å²) in [5.41, 5.74) is 0.256. The average molecular weight is 722 g/mol. The highest BCUT2D eigenvalue weighted by molar-refractivity contribution is 7.92. The number of carbonyl (C=O) groups excluding carboxylic acids is 1. The van der Waals surface area contributed by atoms with Gasteiger partial charge in [0.1, 0.15) is 11.5 Å². The lowest BCUT2D eigenvalue weighted by molar-refractivity contribution is -0.00835. The first-order valence-electron chi connectivity index (χ1n) is 16.1. The van der Waals surface area contributed by atoms with Crippen molar-refractivity contribution >= 4 is 31.6 Å². The number of anilines is 1. The Morgan fingerprint density at radius 1 is 1.12 bits per heavy atom. The van der Waals surface area contributed by atoms with Crippen molar-refractivity contribution in [3.05, 3.63) is 60.6 Å². The summed E-state index contributed by atoms with van der Waals surface area (Å²) in [6.07, 6.45) is 4.04. The highest BCUT2D eigenvalue weighted by Gasteiger charge is 2.33. The molecule has 14 nitrogen and oxygen atoms in total. The molecule has 0 fully saturated rings. The molecular formula is C33H47N5O9S2. The minimum Gasteiger partial charge on any atom is -0.497 e. The summed E-state index contributed by atoms with van der Waals surface area (Å²) in [5.74, 6) is -0.101. The molecule has 1 aliphatic rings. The number of aryl methyl sites for hydroxylation is 1.